The van der Waals surface area contributed by atoms with Crippen LogP contribution in [0.2, 0.25) is 0 Å². The lowest BCUT2D eigenvalue weighted by molar-refractivity contribution is 0.0992. The largest absolute Gasteiger partial charge is 0.457 e. The van der Waals surface area contributed by atoms with Crippen LogP contribution in [0.1, 0.15) is 18.2 Å². The first-order chi connectivity index (χ1) is 15.4. The number of rotatable bonds is 6. The third kappa shape index (κ3) is 4.75. The maximum absolute atomic E-state index is 14.9. The first-order valence-electron chi connectivity index (χ1n) is 10.7. The van der Waals surface area contributed by atoms with Crippen molar-refractivity contribution in [3.05, 3.63) is 84.2 Å². The van der Waals surface area contributed by atoms with Crippen molar-refractivity contribution in [2.45, 2.75) is 12.5 Å². The minimum atomic E-state index is -0.317. The van der Waals surface area contributed by atoms with Gasteiger partial charge < -0.3 is 19.4 Å². The summed E-state index contributed by atoms with van der Waals surface area (Å²) in [4.78, 5) is 18.8. The van der Waals surface area contributed by atoms with Gasteiger partial charge in [0.05, 0.1) is 5.69 Å². The lowest BCUT2D eigenvalue weighted by Gasteiger charge is -2.24. The predicted octanol–water partition coefficient (Wildman–Crippen LogP) is 5.28. The molecule has 6 heteroatoms. The Morgan fingerprint density at radius 3 is 2.44 bits per heavy atom. The summed E-state index contributed by atoms with van der Waals surface area (Å²) in [7, 11) is 5.75. The predicted molar refractivity (Wildman–Crippen MR) is 129 cm³/mol. The molecule has 1 heterocycles. The number of benzene rings is 3. The van der Waals surface area contributed by atoms with Crippen LogP contribution >= 0.6 is 0 Å². The van der Waals surface area contributed by atoms with Crippen molar-refractivity contribution in [1.82, 2.24) is 4.90 Å². The summed E-state index contributed by atoms with van der Waals surface area (Å²) in [5.74, 6) is 0.718. The van der Waals surface area contributed by atoms with Crippen molar-refractivity contribution in [1.29, 1.82) is 0 Å². The third-order valence-electron chi connectivity index (χ3n) is 5.92. The van der Waals surface area contributed by atoms with Crippen LogP contribution < -0.4 is 14.5 Å². The molecule has 0 aliphatic carbocycles. The number of anilines is 2. The van der Waals surface area contributed by atoms with E-state index in [1.165, 1.54) is 11.0 Å². The van der Waals surface area contributed by atoms with Gasteiger partial charge in [0.25, 0.3) is 5.91 Å². The third-order valence-corrected chi connectivity index (χ3v) is 5.92. The van der Waals surface area contributed by atoms with Crippen LogP contribution in [0.3, 0.4) is 0 Å². The molecule has 1 amide bonds. The van der Waals surface area contributed by atoms with E-state index in [1.807, 2.05) is 44.4 Å². The van der Waals surface area contributed by atoms with Gasteiger partial charge >= 0.3 is 0 Å². The van der Waals surface area contributed by atoms with Crippen LogP contribution in [0, 0.1) is 5.82 Å². The summed E-state index contributed by atoms with van der Waals surface area (Å²) < 4.78 is 20.8. The van der Waals surface area contributed by atoms with Gasteiger partial charge in [-0.15, -0.1) is 0 Å². The average molecular weight is 436 g/mol. The maximum atomic E-state index is 14.9. The van der Waals surface area contributed by atoms with Crippen molar-refractivity contribution in [2.75, 3.05) is 44.0 Å². The highest BCUT2D eigenvalue weighted by molar-refractivity contribution is 6.06. The second-order valence-corrected chi connectivity index (χ2v) is 8.29. The fourth-order valence-corrected chi connectivity index (χ4v) is 3.97. The van der Waals surface area contributed by atoms with E-state index in [4.69, 9.17) is 4.74 Å². The molecule has 4 rings (SSSR count). The lowest BCUT2D eigenvalue weighted by atomic mass is 10.1. The van der Waals surface area contributed by atoms with Crippen LogP contribution in [0.5, 0.6) is 11.5 Å². The number of likely N-dealkylation sites (N-methyl/N-ethyl adjacent to an activating group) is 1. The highest BCUT2D eigenvalue weighted by atomic mass is 19.1. The molecule has 3 aromatic carbocycles. The Morgan fingerprint density at radius 1 is 1.00 bits per heavy atom. The fourth-order valence-electron chi connectivity index (χ4n) is 3.97. The number of nitrogens with zero attached hydrogens (tertiary/aromatic N) is 3. The Balaban J connectivity index is 0.00000306. The van der Waals surface area contributed by atoms with E-state index < -0.39 is 0 Å². The van der Waals surface area contributed by atoms with Gasteiger partial charge in [-0.25, -0.2) is 4.39 Å². The molecule has 168 valence electrons. The van der Waals surface area contributed by atoms with Gasteiger partial charge in [-0.05, 0) is 69.0 Å². The molecule has 0 radical (unpaired) electrons. The number of halogens is 1. The van der Waals surface area contributed by atoms with E-state index in [1.54, 1.807) is 43.4 Å². The maximum Gasteiger partial charge on any atom is 0.258 e. The zero-order chi connectivity index (χ0) is 22.7. The van der Waals surface area contributed by atoms with Gasteiger partial charge in [0.2, 0.25) is 0 Å². The quantitative estimate of drug-likeness (QED) is 0.528. The Morgan fingerprint density at radius 2 is 1.75 bits per heavy atom. The Labute approximate surface area is 190 Å². The number of hydrogen-bond donors (Lipinski definition) is 0. The minimum absolute atomic E-state index is 0. The number of carbonyl (C=O) groups is 1. The molecule has 1 atom stereocenters. The lowest BCUT2D eigenvalue weighted by Crippen LogP contribution is -2.31. The first kappa shape index (κ1) is 21.8. The van der Waals surface area contributed by atoms with E-state index in [-0.39, 0.29) is 13.2 Å². The molecule has 1 saturated heterocycles. The molecule has 1 unspecified atom stereocenters. The van der Waals surface area contributed by atoms with Crippen molar-refractivity contribution in [3.63, 3.8) is 0 Å². The summed E-state index contributed by atoms with van der Waals surface area (Å²) in [6.45, 7) is 1.62. The van der Waals surface area contributed by atoms with Crippen LogP contribution in [0.25, 0.3) is 0 Å². The zero-order valence-corrected chi connectivity index (χ0v) is 18.7. The van der Waals surface area contributed by atoms with Crippen LogP contribution in [0.15, 0.2) is 72.8 Å². The smallest absolute Gasteiger partial charge is 0.258 e. The Hall–Kier alpha value is -3.38. The van der Waals surface area contributed by atoms with Crippen molar-refractivity contribution >= 4 is 17.3 Å². The van der Waals surface area contributed by atoms with Gasteiger partial charge in [0.15, 0.2) is 0 Å². The molecule has 0 spiro atoms. The molecular formula is C26H30FN3O2. The Kier molecular flexibility index (Phi) is 6.42. The number of hydrogen-bond acceptors (Lipinski definition) is 4. The molecule has 1 fully saturated rings. The van der Waals surface area contributed by atoms with Crippen molar-refractivity contribution in [3.8, 4) is 11.5 Å². The summed E-state index contributed by atoms with van der Waals surface area (Å²) in [5, 5.41) is 0. The highest BCUT2D eigenvalue weighted by Gasteiger charge is 2.26. The zero-order valence-electron chi connectivity index (χ0n) is 18.7. The van der Waals surface area contributed by atoms with Gasteiger partial charge in [-0.1, -0.05) is 24.3 Å². The van der Waals surface area contributed by atoms with Crippen LogP contribution in [-0.2, 0) is 0 Å². The Bertz CT molecular complexity index is 1090. The van der Waals surface area contributed by atoms with E-state index >= 15 is 0 Å². The standard InChI is InChI=1S/C26H28FN3O2.H2/c1-28(2)21-14-15-30(18-21)25-13-12-20(17-24(25)27)29(3)26(31)19-8-7-11-23(16-19)32-22-9-5-4-6-10-22;/h4-13,16-17,21H,14-15,18H2,1-3H3;1H. The van der Waals surface area contributed by atoms with Gasteiger partial charge in [0.1, 0.15) is 17.3 Å². The molecule has 32 heavy (non-hydrogen) atoms. The number of carbonyl (C=O) groups excluding carboxylic acids is 1. The van der Waals surface area contributed by atoms with Crippen molar-refractivity contribution in [2.24, 2.45) is 0 Å². The molecule has 1 aliphatic heterocycles. The molecular weight excluding hydrogens is 405 g/mol. The van der Waals surface area contributed by atoms with Crippen molar-refractivity contribution < 1.29 is 15.3 Å². The average Bonchev–Trinajstić information content (AvgIpc) is 3.29. The number of amides is 1. The van der Waals surface area contributed by atoms with Crippen LogP contribution in [-0.4, -0.2) is 51.1 Å². The van der Waals surface area contributed by atoms with E-state index in [0.717, 1.165) is 19.5 Å². The second kappa shape index (κ2) is 9.40. The molecule has 3 aromatic rings. The van der Waals surface area contributed by atoms with Gasteiger partial charge in [0, 0.05) is 38.9 Å². The molecule has 0 bridgehead atoms. The van der Waals surface area contributed by atoms with Gasteiger partial charge in [-0.2, -0.15) is 0 Å². The topological polar surface area (TPSA) is 36.0 Å². The monoisotopic (exact) mass is 435 g/mol. The van der Waals surface area contributed by atoms with E-state index in [2.05, 4.69) is 9.80 Å². The molecule has 5 nitrogen and oxygen atoms in total. The fraction of sp³-hybridized carbons (Fsp3) is 0.269. The number of ether oxygens (including phenoxy) is 1. The van der Waals surface area contributed by atoms with E-state index in [0.29, 0.717) is 34.5 Å². The summed E-state index contributed by atoms with van der Waals surface area (Å²) in [5.41, 5.74) is 1.56. The molecule has 0 N–H and O–H groups in total. The first-order valence-corrected chi connectivity index (χ1v) is 10.7. The normalized spacial score (nSPS) is 15.8. The summed E-state index contributed by atoms with van der Waals surface area (Å²) in [6.07, 6.45) is 1.01. The molecule has 1 aliphatic rings. The van der Waals surface area contributed by atoms with E-state index in [9.17, 15) is 9.18 Å². The second-order valence-electron chi connectivity index (χ2n) is 8.29. The van der Waals surface area contributed by atoms with Crippen LogP contribution in [0.4, 0.5) is 15.8 Å². The number of para-hydroxylation sites is 1. The molecule has 0 saturated carbocycles. The highest BCUT2D eigenvalue weighted by Crippen LogP contribution is 2.29. The molecule has 0 aromatic heterocycles. The van der Waals surface area contributed by atoms with Gasteiger partial charge in [-0.3, -0.25) is 4.79 Å². The summed E-state index contributed by atoms with van der Waals surface area (Å²) in [6, 6.07) is 21.8. The summed E-state index contributed by atoms with van der Waals surface area (Å²) >= 11 is 0. The minimum Gasteiger partial charge on any atom is -0.457 e. The SMILES string of the molecule is CN(C(=O)c1cccc(Oc2ccccc2)c1)c1ccc(N2CCC(N(C)C)C2)c(F)c1.[HH].